The van der Waals surface area contributed by atoms with Crippen molar-refractivity contribution in [1.82, 2.24) is 14.3 Å². The molecule has 0 amide bonds. The summed E-state index contributed by atoms with van der Waals surface area (Å²) in [4.78, 5) is 10.4. The number of rotatable bonds is 4. The zero-order valence-corrected chi connectivity index (χ0v) is 17.4. The molecule has 4 rings (SSSR count). The molecule has 2 aromatic carbocycles. The highest BCUT2D eigenvalue weighted by atomic mass is 32.2. The van der Waals surface area contributed by atoms with E-state index in [2.05, 4.69) is 9.97 Å². The molecule has 0 atom stereocenters. The smallest absolute Gasteiger partial charge is 0.338 e. The van der Waals surface area contributed by atoms with Crippen molar-refractivity contribution in [2.45, 2.75) is 11.1 Å². The molecule has 168 valence electrons. The number of aromatic nitrogens is 2. The van der Waals surface area contributed by atoms with Gasteiger partial charge in [-0.2, -0.15) is 17.5 Å². The van der Waals surface area contributed by atoms with Crippen LogP contribution < -0.4 is 4.90 Å². The van der Waals surface area contributed by atoms with Crippen LogP contribution in [0, 0.1) is 5.82 Å². The Bertz CT molecular complexity index is 1210. The first-order valence-electron chi connectivity index (χ1n) is 9.66. The number of anilines is 1. The number of alkyl halides is 3. The van der Waals surface area contributed by atoms with Crippen molar-refractivity contribution in [3.8, 4) is 11.3 Å². The normalized spacial score (nSPS) is 15.7. The first-order chi connectivity index (χ1) is 15.1. The molecule has 11 heteroatoms. The van der Waals surface area contributed by atoms with Gasteiger partial charge in [0.05, 0.1) is 16.2 Å². The highest BCUT2D eigenvalue weighted by molar-refractivity contribution is 7.89. The number of nitrogens with zero attached hydrogens (tertiary/aromatic N) is 4. The number of benzene rings is 2. The fourth-order valence-electron chi connectivity index (χ4n) is 3.40. The molecule has 0 unspecified atom stereocenters. The number of hydrogen-bond donors (Lipinski definition) is 0. The maximum Gasteiger partial charge on any atom is 0.416 e. The van der Waals surface area contributed by atoms with Crippen LogP contribution in [-0.2, 0) is 16.2 Å². The van der Waals surface area contributed by atoms with E-state index in [-0.39, 0.29) is 18.0 Å². The number of halogens is 4. The van der Waals surface area contributed by atoms with E-state index in [9.17, 15) is 26.0 Å². The van der Waals surface area contributed by atoms with Gasteiger partial charge in [0, 0.05) is 37.9 Å². The van der Waals surface area contributed by atoms with Crippen LogP contribution in [0.4, 0.5) is 23.5 Å². The third-order valence-corrected chi connectivity index (χ3v) is 7.01. The van der Waals surface area contributed by atoms with E-state index in [0.29, 0.717) is 30.3 Å². The van der Waals surface area contributed by atoms with E-state index in [4.69, 9.17) is 0 Å². The van der Waals surface area contributed by atoms with E-state index >= 15 is 0 Å². The van der Waals surface area contributed by atoms with Gasteiger partial charge in [-0.05, 0) is 42.5 Å². The summed E-state index contributed by atoms with van der Waals surface area (Å²) in [5.41, 5.74) is -0.127. The second kappa shape index (κ2) is 8.47. The predicted octanol–water partition coefficient (Wildman–Crippen LogP) is 3.81. The van der Waals surface area contributed by atoms with Gasteiger partial charge >= 0.3 is 6.18 Å². The molecule has 1 saturated heterocycles. The summed E-state index contributed by atoms with van der Waals surface area (Å²) in [6.07, 6.45) is -3.00. The molecule has 32 heavy (non-hydrogen) atoms. The largest absolute Gasteiger partial charge is 0.416 e. The SMILES string of the molecule is O=S(=O)(c1ccc(F)cc1)N1CCN(c2nccc(-c3cccc(C(F)(F)F)c3)n2)CC1. The highest BCUT2D eigenvalue weighted by Gasteiger charge is 2.31. The van der Waals surface area contributed by atoms with Crippen LogP contribution in [0.15, 0.2) is 65.7 Å². The third kappa shape index (κ3) is 4.58. The molecular weight excluding hydrogens is 448 g/mol. The lowest BCUT2D eigenvalue weighted by Gasteiger charge is -2.34. The minimum absolute atomic E-state index is 0.00939. The van der Waals surface area contributed by atoms with Gasteiger partial charge in [0.25, 0.3) is 0 Å². The van der Waals surface area contributed by atoms with Gasteiger partial charge in [-0.1, -0.05) is 12.1 Å². The molecule has 0 bridgehead atoms. The summed E-state index contributed by atoms with van der Waals surface area (Å²) in [5.74, 6) is -0.217. The van der Waals surface area contributed by atoms with Crippen molar-refractivity contribution >= 4 is 16.0 Å². The van der Waals surface area contributed by atoms with Crippen molar-refractivity contribution < 1.29 is 26.0 Å². The van der Waals surface area contributed by atoms with Crippen molar-refractivity contribution in [3.63, 3.8) is 0 Å². The Kier molecular flexibility index (Phi) is 5.87. The zero-order chi connectivity index (χ0) is 22.9. The minimum Gasteiger partial charge on any atom is -0.338 e. The third-order valence-electron chi connectivity index (χ3n) is 5.10. The van der Waals surface area contributed by atoms with E-state index in [1.54, 1.807) is 4.90 Å². The summed E-state index contributed by atoms with van der Waals surface area (Å²) in [6.45, 7) is 0.923. The summed E-state index contributed by atoms with van der Waals surface area (Å²) in [7, 11) is -3.76. The van der Waals surface area contributed by atoms with E-state index in [1.165, 1.54) is 40.8 Å². The fourth-order valence-corrected chi connectivity index (χ4v) is 4.82. The van der Waals surface area contributed by atoms with Crippen LogP contribution >= 0.6 is 0 Å². The number of piperazine rings is 1. The first kappa shape index (κ1) is 22.2. The van der Waals surface area contributed by atoms with Crippen LogP contribution in [0.2, 0.25) is 0 Å². The first-order valence-corrected chi connectivity index (χ1v) is 11.1. The molecule has 1 aliphatic heterocycles. The van der Waals surface area contributed by atoms with E-state index < -0.39 is 27.6 Å². The van der Waals surface area contributed by atoms with Crippen molar-refractivity contribution in [2.75, 3.05) is 31.1 Å². The molecule has 1 aliphatic rings. The van der Waals surface area contributed by atoms with Crippen molar-refractivity contribution in [2.24, 2.45) is 0 Å². The standard InChI is InChI=1S/C21H18F4N4O2S/c22-17-4-6-18(7-5-17)32(30,31)29-12-10-28(11-13-29)20-26-9-8-19(27-20)15-2-1-3-16(14-15)21(23,24)25/h1-9,14H,10-13H2. The molecular formula is C21H18F4N4O2S. The molecule has 0 saturated carbocycles. The average molecular weight is 466 g/mol. The number of sulfonamides is 1. The Morgan fingerprint density at radius 3 is 2.25 bits per heavy atom. The number of hydrogen-bond acceptors (Lipinski definition) is 5. The maximum atomic E-state index is 13.1. The maximum absolute atomic E-state index is 13.1. The molecule has 0 radical (unpaired) electrons. The Hall–Kier alpha value is -3.05. The molecule has 1 fully saturated rings. The molecule has 0 spiro atoms. The summed E-state index contributed by atoms with van der Waals surface area (Å²) < 4.78 is 79.0. The Labute approximate surface area is 182 Å². The van der Waals surface area contributed by atoms with Gasteiger partial charge in [-0.15, -0.1) is 0 Å². The molecule has 1 aromatic heterocycles. The van der Waals surface area contributed by atoms with Crippen molar-refractivity contribution in [1.29, 1.82) is 0 Å². The Balaban J connectivity index is 1.50. The van der Waals surface area contributed by atoms with Gasteiger partial charge in [0.1, 0.15) is 5.82 Å². The lowest BCUT2D eigenvalue weighted by Crippen LogP contribution is -2.49. The molecule has 3 aromatic rings. The van der Waals surface area contributed by atoms with Gasteiger partial charge < -0.3 is 4.90 Å². The van der Waals surface area contributed by atoms with Gasteiger partial charge in [-0.25, -0.2) is 22.8 Å². The predicted molar refractivity (Wildman–Crippen MR) is 110 cm³/mol. The minimum atomic E-state index is -4.46. The quantitative estimate of drug-likeness (QED) is 0.547. The van der Waals surface area contributed by atoms with Gasteiger partial charge in [-0.3, -0.25) is 0 Å². The van der Waals surface area contributed by atoms with E-state index in [1.807, 2.05) is 0 Å². The zero-order valence-electron chi connectivity index (χ0n) is 16.6. The summed E-state index contributed by atoms with van der Waals surface area (Å²) in [6, 6.07) is 11.0. The monoisotopic (exact) mass is 466 g/mol. The molecule has 0 N–H and O–H groups in total. The molecule has 6 nitrogen and oxygen atoms in total. The second-order valence-corrected chi connectivity index (χ2v) is 9.10. The average Bonchev–Trinajstić information content (AvgIpc) is 2.79. The fraction of sp³-hybridized carbons (Fsp3) is 0.238. The highest BCUT2D eigenvalue weighted by Crippen LogP contribution is 2.32. The van der Waals surface area contributed by atoms with Gasteiger partial charge in [0.15, 0.2) is 0 Å². The van der Waals surface area contributed by atoms with Crippen LogP contribution in [0.1, 0.15) is 5.56 Å². The summed E-state index contributed by atoms with van der Waals surface area (Å²) >= 11 is 0. The van der Waals surface area contributed by atoms with Crippen LogP contribution in [0.3, 0.4) is 0 Å². The lowest BCUT2D eigenvalue weighted by molar-refractivity contribution is -0.137. The summed E-state index contributed by atoms with van der Waals surface area (Å²) in [5, 5.41) is 0. The van der Waals surface area contributed by atoms with Crippen LogP contribution in [-0.4, -0.2) is 48.9 Å². The Morgan fingerprint density at radius 1 is 0.906 bits per heavy atom. The second-order valence-electron chi connectivity index (χ2n) is 7.17. The van der Waals surface area contributed by atoms with Gasteiger partial charge in [0.2, 0.25) is 16.0 Å². The van der Waals surface area contributed by atoms with Crippen LogP contribution in [0.5, 0.6) is 0 Å². The van der Waals surface area contributed by atoms with Crippen molar-refractivity contribution in [3.05, 3.63) is 72.2 Å². The Morgan fingerprint density at radius 2 is 1.59 bits per heavy atom. The molecule has 2 heterocycles. The topological polar surface area (TPSA) is 66.4 Å². The lowest BCUT2D eigenvalue weighted by atomic mass is 10.1. The van der Waals surface area contributed by atoms with E-state index in [0.717, 1.165) is 24.3 Å². The van der Waals surface area contributed by atoms with Crippen LogP contribution in [0.25, 0.3) is 11.3 Å². The molecule has 0 aliphatic carbocycles.